The van der Waals surface area contributed by atoms with Gasteiger partial charge in [-0.15, -0.1) is 0 Å². The molecule has 0 saturated carbocycles. The first-order chi connectivity index (χ1) is 14.1. The van der Waals surface area contributed by atoms with Crippen LogP contribution in [0.4, 0.5) is 11.5 Å². The molecular formula is C22H20N4O3. The maximum absolute atomic E-state index is 12.6. The number of nitrogens with zero attached hydrogens (tertiary/aromatic N) is 2. The molecule has 0 saturated heterocycles. The minimum absolute atomic E-state index is 0.315. The van der Waals surface area contributed by atoms with E-state index in [1.807, 2.05) is 18.2 Å². The van der Waals surface area contributed by atoms with Crippen molar-refractivity contribution in [3.8, 4) is 17.6 Å². The third-order valence-corrected chi connectivity index (χ3v) is 4.24. The SMILES string of the molecule is COc1ccc(CNc2cc(C(=O)Nc3ccccc3C#N)ccn2)cc1OC. The minimum Gasteiger partial charge on any atom is -0.493 e. The van der Waals surface area contributed by atoms with Crippen LogP contribution in [0.3, 0.4) is 0 Å². The van der Waals surface area contributed by atoms with Crippen LogP contribution in [-0.4, -0.2) is 25.1 Å². The number of amides is 1. The van der Waals surface area contributed by atoms with Gasteiger partial charge in [0.2, 0.25) is 0 Å². The number of methoxy groups -OCH3 is 2. The number of hydrogen-bond acceptors (Lipinski definition) is 6. The molecule has 3 aromatic rings. The summed E-state index contributed by atoms with van der Waals surface area (Å²) >= 11 is 0. The standard InChI is InChI=1S/C22H20N4O3/c1-28-19-8-7-15(11-20(19)29-2)14-25-21-12-16(9-10-24-21)22(27)26-18-6-4-3-5-17(18)13-23/h3-12H,14H2,1-2H3,(H,24,25)(H,26,27). The van der Waals surface area contributed by atoms with Crippen LogP contribution in [0.15, 0.2) is 60.8 Å². The van der Waals surface area contributed by atoms with Gasteiger partial charge in [0.15, 0.2) is 11.5 Å². The first kappa shape index (κ1) is 19.7. The quantitative estimate of drug-likeness (QED) is 0.638. The molecule has 7 heteroatoms. The second-order valence-corrected chi connectivity index (χ2v) is 6.08. The lowest BCUT2D eigenvalue weighted by atomic mass is 10.1. The zero-order chi connectivity index (χ0) is 20.6. The number of ether oxygens (including phenoxy) is 2. The van der Waals surface area contributed by atoms with Crippen LogP contribution in [0, 0.1) is 11.3 Å². The van der Waals surface area contributed by atoms with Gasteiger partial charge in [-0.3, -0.25) is 4.79 Å². The van der Waals surface area contributed by atoms with Gasteiger partial charge in [-0.2, -0.15) is 5.26 Å². The summed E-state index contributed by atoms with van der Waals surface area (Å²) < 4.78 is 10.5. The van der Waals surface area contributed by atoms with E-state index < -0.39 is 0 Å². The molecule has 2 aromatic carbocycles. The number of nitriles is 1. The molecule has 7 nitrogen and oxygen atoms in total. The van der Waals surface area contributed by atoms with E-state index in [0.29, 0.717) is 40.7 Å². The molecule has 0 spiro atoms. The summed E-state index contributed by atoms with van der Waals surface area (Å²) in [5.41, 5.74) is 2.28. The fourth-order valence-corrected chi connectivity index (χ4v) is 2.74. The van der Waals surface area contributed by atoms with E-state index in [4.69, 9.17) is 14.7 Å². The minimum atomic E-state index is -0.315. The van der Waals surface area contributed by atoms with Gasteiger partial charge in [0, 0.05) is 18.3 Å². The average Bonchev–Trinajstić information content (AvgIpc) is 2.78. The van der Waals surface area contributed by atoms with Crippen molar-refractivity contribution in [3.05, 3.63) is 77.5 Å². The van der Waals surface area contributed by atoms with Crippen LogP contribution in [0.2, 0.25) is 0 Å². The normalized spacial score (nSPS) is 9.97. The third-order valence-electron chi connectivity index (χ3n) is 4.24. The van der Waals surface area contributed by atoms with Crippen molar-refractivity contribution >= 4 is 17.4 Å². The van der Waals surface area contributed by atoms with Gasteiger partial charge < -0.3 is 20.1 Å². The summed E-state index contributed by atoms with van der Waals surface area (Å²) in [4.78, 5) is 16.8. The predicted molar refractivity (Wildman–Crippen MR) is 110 cm³/mol. The Morgan fingerprint density at radius 1 is 1.07 bits per heavy atom. The van der Waals surface area contributed by atoms with Gasteiger partial charge in [0.25, 0.3) is 5.91 Å². The number of hydrogen-bond donors (Lipinski definition) is 2. The summed E-state index contributed by atoms with van der Waals surface area (Å²) in [7, 11) is 3.18. The van der Waals surface area contributed by atoms with Gasteiger partial charge in [0.1, 0.15) is 11.9 Å². The summed E-state index contributed by atoms with van der Waals surface area (Å²) in [6.45, 7) is 0.496. The van der Waals surface area contributed by atoms with Gasteiger partial charge in [-0.25, -0.2) is 4.98 Å². The number of pyridine rings is 1. The van der Waals surface area contributed by atoms with Crippen molar-refractivity contribution in [2.75, 3.05) is 24.9 Å². The molecule has 0 aliphatic carbocycles. The van der Waals surface area contributed by atoms with Gasteiger partial charge in [0.05, 0.1) is 25.5 Å². The van der Waals surface area contributed by atoms with Crippen molar-refractivity contribution < 1.29 is 14.3 Å². The van der Waals surface area contributed by atoms with E-state index in [1.165, 1.54) is 0 Å². The molecule has 1 heterocycles. The molecule has 1 amide bonds. The number of anilines is 2. The van der Waals surface area contributed by atoms with Crippen molar-refractivity contribution in [1.82, 2.24) is 4.98 Å². The summed E-state index contributed by atoms with van der Waals surface area (Å²) in [5.74, 6) is 1.54. The van der Waals surface area contributed by atoms with E-state index in [9.17, 15) is 4.79 Å². The van der Waals surface area contributed by atoms with Crippen LogP contribution in [0.25, 0.3) is 0 Å². The largest absolute Gasteiger partial charge is 0.493 e. The summed E-state index contributed by atoms with van der Waals surface area (Å²) in [6, 6.07) is 17.8. The number of aromatic nitrogens is 1. The predicted octanol–water partition coefficient (Wildman–Crippen LogP) is 3.83. The molecule has 0 bridgehead atoms. The van der Waals surface area contributed by atoms with Crippen LogP contribution >= 0.6 is 0 Å². The maximum Gasteiger partial charge on any atom is 0.255 e. The first-order valence-electron chi connectivity index (χ1n) is 8.86. The molecule has 0 atom stereocenters. The number of benzene rings is 2. The number of para-hydroxylation sites is 1. The number of nitrogens with one attached hydrogen (secondary N) is 2. The lowest BCUT2D eigenvalue weighted by Gasteiger charge is -2.11. The zero-order valence-corrected chi connectivity index (χ0v) is 16.1. The molecule has 2 N–H and O–H groups in total. The molecule has 1 aromatic heterocycles. The fourth-order valence-electron chi connectivity index (χ4n) is 2.74. The number of carbonyl (C=O) groups excluding carboxylic acids is 1. The molecule has 0 radical (unpaired) electrons. The number of rotatable bonds is 7. The van der Waals surface area contributed by atoms with E-state index in [2.05, 4.69) is 21.7 Å². The Morgan fingerprint density at radius 2 is 1.86 bits per heavy atom. The van der Waals surface area contributed by atoms with Crippen LogP contribution < -0.4 is 20.1 Å². The Hall–Kier alpha value is -4.05. The molecular weight excluding hydrogens is 368 g/mol. The highest BCUT2D eigenvalue weighted by molar-refractivity contribution is 6.05. The highest BCUT2D eigenvalue weighted by Crippen LogP contribution is 2.27. The van der Waals surface area contributed by atoms with Gasteiger partial charge >= 0.3 is 0 Å². The van der Waals surface area contributed by atoms with Gasteiger partial charge in [-0.05, 0) is 42.0 Å². The van der Waals surface area contributed by atoms with Gasteiger partial charge in [-0.1, -0.05) is 18.2 Å². The van der Waals surface area contributed by atoms with Crippen LogP contribution in [-0.2, 0) is 6.54 Å². The second kappa shape index (κ2) is 9.24. The van der Waals surface area contributed by atoms with Crippen LogP contribution in [0.5, 0.6) is 11.5 Å². The van der Waals surface area contributed by atoms with Crippen LogP contribution in [0.1, 0.15) is 21.5 Å². The highest BCUT2D eigenvalue weighted by Gasteiger charge is 2.10. The van der Waals surface area contributed by atoms with E-state index >= 15 is 0 Å². The van der Waals surface area contributed by atoms with Crippen molar-refractivity contribution in [3.63, 3.8) is 0 Å². The monoisotopic (exact) mass is 388 g/mol. The second-order valence-electron chi connectivity index (χ2n) is 6.08. The van der Waals surface area contributed by atoms with E-state index in [-0.39, 0.29) is 5.91 Å². The molecule has 146 valence electrons. The smallest absolute Gasteiger partial charge is 0.255 e. The highest BCUT2D eigenvalue weighted by atomic mass is 16.5. The van der Waals surface area contributed by atoms with E-state index in [1.54, 1.807) is 56.8 Å². The summed E-state index contributed by atoms with van der Waals surface area (Å²) in [6.07, 6.45) is 1.56. The maximum atomic E-state index is 12.6. The van der Waals surface area contributed by atoms with Crippen molar-refractivity contribution in [1.29, 1.82) is 5.26 Å². The first-order valence-corrected chi connectivity index (χ1v) is 8.86. The topological polar surface area (TPSA) is 96.3 Å². The molecule has 3 rings (SSSR count). The molecule has 0 fully saturated rings. The third kappa shape index (κ3) is 4.82. The Morgan fingerprint density at radius 3 is 2.62 bits per heavy atom. The van der Waals surface area contributed by atoms with Crippen molar-refractivity contribution in [2.45, 2.75) is 6.54 Å². The summed E-state index contributed by atoms with van der Waals surface area (Å²) in [5, 5.41) is 15.1. The molecule has 0 aliphatic rings. The Bertz CT molecular complexity index is 1060. The molecule has 0 aliphatic heterocycles. The molecule has 29 heavy (non-hydrogen) atoms. The van der Waals surface area contributed by atoms with E-state index in [0.717, 1.165) is 5.56 Å². The average molecular weight is 388 g/mol. The Kier molecular flexibility index (Phi) is 6.28. The lowest BCUT2D eigenvalue weighted by Crippen LogP contribution is -2.13. The Labute approximate surface area is 168 Å². The van der Waals surface area contributed by atoms with Crippen molar-refractivity contribution in [2.24, 2.45) is 0 Å². The molecule has 0 unspecified atom stereocenters. The zero-order valence-electron chi connectivity index (χ0n) is 16.1. The lowest BCUT2D eigenvalue weighted by molar-refractivity contribution is 0.102. The fraction of sp³-hybridized carbons (Fsp3) is 0.136. The Balaban J connectivity index is 1.69. The number of carbonyl (C=O) groups is 1.